The highest BCUT2D eigenvalue weighted by molar-refractivity contribution is 5.94. The number of ketones is 1. The molecule has 0 aliphatic rings. The van der Waals surface area contributed by atoms with E-state index in [2.05, 4.69) is 16.0 Å². The maximum Gasteiger partial charge on any atom is 0.408 e. The standard InChI is InChI=1S/C26H33N3O6/c1-2-3-14-22(29-26(34)35-18-19-10-6-4-7-11-19)25(33)28-21(23(31)17-30)15-16-24(32)27-20-12-8-5-9-13-20/h4-13,21-22,30H,2-3,14-18H2,1H3,(H,27,32)(H,28,33)(H,29,34). The molecule has 2 atom stereocenters. The molecule has 188 valence electrons. The Kier molecular flexibility index (Phi) is 12.0. The van der Waals surface area contributed by atoms with E-state index in [-0.39, 0.29) is 25.4 Å². The number of carbonyl (C=O) groups excluding carboxylic acids is 4. The number of rotatable bonds is 14. The summed E-state index contributed by atoms with van der Waals surface area (Å²) >= 11 is 0. The molecule has 0 aliphatic heterocycles. The highest BCUT2D eigenvalue weighted by Gasteiger charge is 2.27. The SMILES string of the molecule is CCCCC(NC(=O)OCc1ccccc1)C(=O)NC(CCC(=O)Nc1ccccc1)C(=O)CO. The number of alkyl carbamates (subject to hydrolysis) is 1. The Bertz CT molecular complexity index is 952. The molecule has 2 aromatic rings. The molecule has 2 rings (SSSR count). The minimum Gasteiger partial charge on any atom is -0.445 e. The van der Waals surface area contributed by atoms with Crippen LogP contribution in [-0.2, 0) is 25.7 Å². The van der Waals surface area contributed by atoms with Gasteiger partial charge in [-0.15, -0.1) is 0 Å². The molecular formula is C26H33N3O6. The molecule has 0 bridgehead atoms. The highest BCUT2D eigenvalue weighted by atomic mass is 16.5. The lowest BCUT2D eigenvalue weighted by Gasteiger charge is -2.22. The number of hydrogen-bond acceptors (Lipinski definition) is 6. The van der Waals surface area contributed by atoms with Crippen LogP contribution in [0.3, 0.4) is 0 Å². The third kappa shape index (κ3) is 10.4. The van der Waals surface area contributed by atoms with Crippen molar-refractivity contribution < 1.29 is 29.0 Å². The van der Waals surface area contributed by atoms with Gasteiger partial charge in [0.2, 0.25) is 11.8 Å². The Morgan fingerprint density at radius 3 is 2.17 bits per heavy atom. The van der Waals surface area contributed by atoms with Crippen molar-refractivity contribution in [2.75, 3.05) is 11.9 Å². The van der Waals surface area contributed by atoms with Gasteiger partial charge in [-0.05, 0) is 30.5 Å². The van der Waals surface area contributed by atoms with Gasteiger partial charge in [0.05, 0.1) is 6.04 Å². The van der Waals surface area contributed by atoms with E-state index in [0.717, 1.165) is 12.0 Å². The van der Waals surface area contributed by atoms with E-state index in [1.165, 1.54) is 0 Å². The number of unbranched alkanes of at least 4 members (excludes halogenated alkanes) is 1. The van der Waals surface area contributed by atoms with Crippen LogP contribution in [0.4, 0.5) is 10.5 Å². The molecule has 0 heterocycles. The summed E-state index contributed by atoms with van der Waals surface area (Å²) in [5.41, 5.74) is 1.42. The number of amides is 3. The second-order valence-corrected chi connectivity index (χ2v) is 8.04. The molecule has 0 aliphatic carbocycles. The van der Waals surface area contributed by atoms with Crippen LogP contribution in [-0.4, -0.2) is 47.5 Å². The van der Waals surface area contributed by atoms with Gasteiger partial charge in [-0.25, -0.2) is 4.79 Å². The second-order valence-electron chi connectivity index (χ2n) is 8.04. The van der Waals surface area contributed by atoms with Crippen molar-refractivity contribution in [3.63, 3.8) is 0 Å². The summed E-state index contributed by atoms with van der Waals surface area (Å²) in [6, 6.07) is 16.0. The molecule has 2 unspecified atom stereocenters. The van der Waals surface area contributed by atoms with E-state index >= 15 is 0 Å². The number of anilines is 1. The zero-order valence-corrected chi connectivity index (χ0v) is 19.9. The topological polar surface area (TPSA) is 134 Å². The van der Waals surface area contributed by atoms with Crippen LogP contribution < -0.4 is 16.0 Å². The Morgan fingerprint density at radius 1 is 0.886 bits per heavy atom. The fraction of sp³-hybridized carbons (Fsp3) is 0.385. The molecule has 2 aromatic carbocycles. The van der Waals surface area contributed by atoms with Gasteiger partial charge < -0.3 is 25.8 Å². The number of benzene rings is 2. The van der Waals surface area contributed by atoms with Gasteiger partial charge in [0.25, 0.3) is 0 Å². The first-order valence-electron chi connectivity index (χ1n) is 11.7. The average molecular weight is 484 g/mol. The number of aliphatic hydroxyl groups is 1. The zero-order chi connectivity index (χ0) is 25.5. The highest BCUT2D eigenvalue weighted by Crippen LogP contribution is 2.09. The lowest BCUT2D eigenvalue weighted by Crippen LogP contribution is -2.52. The molecular weight excluding hydrogens is 450 g/mol. The Hall–Kier alpha value is -3.72. The minimum atomic E-state index is -1.07. The molecule has 4 N–H and O–H groups in total. The summed E-state index contributed by atoms with van der Waals surface area (Å²) in [4.78, 5) is 49.7. The van der Waals surface area contributed by atoms with Gasteiger partial charge >= 0.3 is 6.09 Å². The van der Waals surface area contributed by atoms with E-state index in [4.69, 9.17) is 4.74 Å². The first-order valence-corrected chi connectivity index (χ1v) is 11.7. The number of aliphatic hydroxyl groups excluding tert-OH is 1. The van der Waals surface area contributed by atoms with Gasteiger partial charge in [-0.1, -0.05) is 68.3 Å². The molecule has 35 heavy (non-hydrogen) atoms. The third-order valence-electron chi connectivity index (χ3n) is 5.25. The van der Waals surface area contributed by atoms with Crippen molar-refractivity contribution in [3.8, 4) is 0 Å². The Morgan fingerprint density at radius 2 is 1.54 bits per heavy atom. The van der Waals surface area contributed by atoms with Crippen molar-refractivity contribution >= 4 is 29.4 Å². The van der Waals surface area contributed by atoms with Crippen LogP contribution in [0.2, 0.25) is 0 Å². The van der Waals surface area contributed by atoms with Gasteiger partial charge in [-0.3, -0.25) is 14.4 Å². The van der Waals surface area contributed by atoms with Gasteiger partial charge in [0, 0.05) is 12.1 Å². The monoisotopic (exact) mass is 483 g/mol. The van der Waals surface area contributed by atoms with Crippen molar-refractivity contribution in [2.24, 2.45) is 0 Å². The van der Waals surface area contributed by atoms with E-state index in [9.17, 15) is 24.3 Å². The van der Waals surface area contributed by atoms with E-state index in [1.54, 1.807) is 24.3 Å². The van der Waals surface area contributed by atoms with Crippen molar-refractivity contribution in [3.05, 3.63) is 66.2 Å². The summed E-state index contributed by atoms with van der Waals surface area (Å²) in [7, 11) is 0. The van der Waals surface area contributed by atoms with Crippen LogP contribution in [0.1, 0.15) is 44.6 Å². The molecule has 0 aromatic heterocycles. The lowest BCUT2D eigenvalue weighted by atomic mass is 10.0. The number of nitrogens with one attached hydrogen (secondary N) is 3. The van der Waals surface area contributed by atoms with Gasteiger partial charge in [-0.2, -0.15) is 0 Å². The predicted molar refractivity (Wildman–Crippen MR) is 131 cm³/mol. The maximum absolute atomic E-state index is 12.9. The number of para-hydroxylation sites is 1. The average Bonchev–Trinajstić information content (AvgIpc) is 2.88. The van der Waals surface area contributed by atoms with E-state index < -0.39 is 36.5 Å². The van der Waals surface area contributed by atoms with Crippen LogP contribution >= 0.6 is 0 Å². The first-order chi connectivity index (χ1) is 16.9. The number of hydrogen-bond donors (Lipinski definition) is 4. The maximum atomic E-state index is 12.9. The lowest BCUT2D eigenvalue weighted by molar-refractivity contribution is -0.130. The first kappa shape index (κ1) is 27.5. The van der Waals surface area contributed by atoms with Gasteiger partial charge in [0.15, 0.2) is 5.78 Å². The number of ether oxygens (including phenoxy) is 1. The molecule has 9 nitrogen and oxygen atoms in total. The summed E-state index contributed by atoms with van der Waals surface area (Å²) in [5.74, 6) is -1.52. The molecule has 9 heteroatoms. The summed E-state index contributed by atoms with van der Waals surface area (Å²) < 4.78 is 5.21. The molecule has 0 radical (unpaired) electrons. The molecule has 0 spiro atoms. The summed E-state index contributed by atoms with van der Waals surface area (Å²) in [6.45, 7) is 1.22. The molecule has 0 saturated carbocycles. The quantitative estimate of drug-likeness (QED) is 0.326. The minimum absolute atomic E-state index is 0.00273. The van der Waals surface area contributed by atoms with Gasteiger partial charge in [0.1, 0.15) is 19.3 Å². The van der Waals surface area contributed by atoms with Crippen molar-refractivity contribution in [1.29, 1.82) is 0 Å². The number of Topliss-reactive ketones (excluding diaryl/α,β-unsaturated/α-hetero) is 1. The fourth-order valence-corrected chi connectivity index (χ4v) is 3.30. The van der Waals surface area contributed by atoms with Crippen LogP contribution in [0.25, 0.3) is 0 Å². The van der Waals surface area contributed by atoms with E-state index in [0.29, 0.717) is 18.5 Å². The van der Waals surface area contributed by atoms with Crippen LogP contribution in [0, 0.1) is 0 Å². The molecule has 3 amide bonds. The molecule has 0 fully saturated rings. The predicted octanol–water partition coefficient (Wildman–Crippen LogP) is 2.94. The van der Waals surface area contributed by atoms with Crippen LogP contribution in [0.5, 0.6) is 0 Å². The van der Waals surface area contributed by atoms with E-state index in [1.807, 2.05) is 43.3 Å². The Labute approximate surface area is 205 Å². The largest absolute Gasteiger partial charge is 0.445 e. The summed E-state index contributed by atoms with van der Waals surface area (Å²) in [5, 5.41) is 17.2. The number of carbonyl (C=O) groups is 4. The zero-order valence-electron chi connectivity index (χ0n) is 19.9. The van der Waals surface area contributed by atoms with Crippen LogP contribution in [0.15, 0.2) is 60.7 Å². The van der Waals surface area contributed by atoms with Crippen molar-refractivity contribution in [1.82, 2.24) is 10.6 Å². The summed E-state index contributed by atoms with van der Waals surface area (Å²) in [6.07, 6.45) is 1.01. The normalized spacial score (nSPS) is 12.2. The fourth-order valence-electron chi connectivity index (χ4n) is 3.30. The molecule has 0 saturated heterocycles. The van der Waals surface area contributed by atoms with Crippen molar-refractivity contribution in [2.45, 2.75) is 57.7 Å². The smallest absolute Gasteiger partial charge is 0.408 e. The second kappa shape index (κ2) is 15.2. The Balaban J connectivity index is 1.94. The third-order valence-corrected chi connectivity index (χ3v) is 5.25.